The summed E-state index contributed by atoms with van der Waals surface area (Å²) < 4.78 is 5.40. The molecule has 2 aromatic carbocycles. The Balaban J connectivity index is 1.68. The van der Waals surface area contributed by atoms with Crippen LogP contribution in [0.2, 0.25) is 0 Å². The molecule has 1 saturated heterocycles. The van der Waals surface area contributed by atoms with Crippen molar-refractivity contribution in [2.24, 2.45) is 4.99 Å². The average molecular weight is 423 g/mol. The number of guanidine groups is 1. The summed E-state index contributed by atoms with van der Waals surface area (Å²) in [5, 5.41) is 6.23. The molecule has 1 aliphatic rings. The molecule has 0 aromatic heterocycles. The smallest absolute Gasteiger partial charge is 0.257 e. The number of benzene rings is 2. The molecule has 166 valence electrons. The number of hydrogen-bond acceptors (Lipinski definition) is 4. The summed E-state index contributed by atoms with van der Waals surface area (Å²) in [6.07, 6.45) is 1.10. The van der Waals surface area contributed by atoms with Crippen molar-refractivity contribution >= 4 is 17.6 Å². The molecule has 0 radical (unpaired) electrons. The second-order valence-electron chi connectivity index (χ2n) is 8.06. The van der Waals surface area contributed by atoms with Gasteiger partial charge in [-0.1, -0.05) is 43.7 Å². The highest BCUT2D eigenvalue weighted by atomic mass is 16.5. The van der Waals surface area contributed by atoms with Gasteiger partial charge in [0.15, 0.2) is 0 Å². The molecule has 1 heterocycles. The molecule has 2 N–H and O–H groups in total. The quantitative estimate of drug-likeness (QED) is 0.522. The number of morpholine rings is 1. The minimum Gasteiger partial charge on any atom is -0.379 e. The van der Waals surface area contributed by atoms with Crippen LogP contribution in [0.3, 0.4) is 0 Å². The van der Waals surface area contributed by atoms with E-state index in [0.29, 0.717) is 24.0 Å². The zero-order valence-corrected chi connectivity index (χ0v) is 18.9. The molecule has 0 saturated carbocycles. The Morgan fingerprint density at radius 2 is 1.77 bits per heavy atom. The maximum Gasteiger partial charge on any atom is 0.257 e. The van der Waals surface area contributed by atoms with Crippen molar-refractivity contribution in [2.75, 3.05) is 44.7 Å². The summed E-state index contributed by atoms with van der Waals surface area (Å²) >= 11 is 0. The summed E-state index contributed by atoms with van der Waals surface area (Å²) in [4.78, 5) is 19.7. The van der Waals surface area contributed by atoms with E-state index in [-0.39, 0.29) is 5.91 Å². The van der Waals surface area contributed by atoms with Crippen LogP contribution >= 0.6 is 0 Å². The normalized spacial score (nSPS) is 16.0. The van der Waals surface area contributed by atoms with Crippen LogP contribution in [0.4, 0.5) is 5.69 Å². The van der Waals surface area contributed by atoms with Gasteiger partial charge < -0.3 is 10.1 Å². The van der Waals surface area contributed by atoms with Crippen LogP contribution < -0.4 is 10.6 Å². The molecule has 3 rings (SSSR count). The third-order valence-corrected chi connectivity index (χ3v) is 5.69. The van der Waals surface area contributed by atoms with Gasteiger partial charge in [-0.2, -0.15) is 0 Å². The van der Waals surface area contributed by atoms with E-state index in [2.05, 4.69) is 46.5 Å². The Morgan fingerprint density at radius 1 is 1.10 bits per heavy atom. The molecular formula is C25H34N4O2. The Morgan fingerprint density at radius 3 is 2.42 bits per heavy atom. The van der Waals surface area contributed by atoms with Gasteiger partial charge in [0.1, 0.15) is 0 Å². The molecule has 0 bridgehead atoms. The van der Waals surface area contributed by atoms with Crippen LogP contribution in [-0.2, 0) is 4.74 Å². The zero-order valence-electron chi connectivity index (χ0n) is 18.9. The lowest BCUT2D eigenvalue weighted by Crippen LogP contribution is -2.39. The van der Waals surface area contributed by atoms with Crippen molar-refractivity contribution in [3.05, 3.63) is 65.2 Å². The Hall–Kier alpha value is -2.70. The summed E-state index contributed by atoms with van der Waals surface area (Å²) in [5.74, 6) is 0.820. The number of amides is 1. The fourth-order valence-corrected chi connectivity index (χ4v) is 3.39. The minimum atomic E-state index is -0.172. The first kappa shape index (κ1) is 23.0. The van der Waals surface area contributed by atoms with E-state index in [1.165, 1.54) is 5.56 Å². The lowest BCUT2D eigenvalue weighted by molar-refractivity contribution is 0.0394. The van der Waals surface area contributed by atoms with Crippen molar-refractivity contribution in [1.82, 2.24) is 10.2 Å². The molecule has 0 spiro atoms. The Kier molecular flexibility index (Phi) is 8.62. The van der Waals surface area contributed by atoms with Gasteiger partial charge in [-0.15, -0.1) is 0 Å². The number of nitrogens with zero attached hydrogens (tertiary/aromatic N) is 2. The first-order valence-corrected chi connectivity index (χ1v) is 11.1. The number of carbonyl (C=O) groups is 1. The van der Waals surface area contributed by atoms with Crippen molar-refractivity contribution < 1.29 is 9.53 Å². The highest BCUT2D eigenvalue weighted by Crippen LogP contribution is 2.20. The average Bonchev–Trinajstić information content (AvgIpc) is 2.80. The molecule has 6 heteroatoms. The number of aliphatic imine (C=N–C) groups is 1. The monoisotopic (exact) mass is 422 g/mol. The van der Waals surface area contributed by atoms with Crippen LogP contribution in [0.15, 0.2) is 53.5 Å². The number of anilines is 1. The van der Waals surface area contributed by atoms with Gasteiger partial charge in [0.2, 0.25) is 5.96 Å². The number of ether oxygens (including phenoxy) is 1. The highest BCUT2D eigenvalue weighted by molar-refractivity contribution is 6.09. The summed E-state index contributed by atoms with van der Waals surface area (Å²) in [6, 6.07) is 15.9. The number of carbonyl (C=O) groups excluding carboxylic acids is 1. The Labute approximate surface area is 185 Å². The lowest BCUT2D eigenvalue weighted by Gasteiger charge is -2.25. The van der Waals surface area contributed by atoms with E-state index >= 15 is 0 Å². The molecule has 0 unspecified atom stereocenters. The molecular weight excluding hydrogens is 388 g/mol. The van der Waals surface area contributed by atoms with Gasteiger partial charge in [0, 0.05) is 30.9 Å². The molecule has 31 heavy (non-hydrogen) atoms. The van der Waals surface area contributed by atoms with Crippen molar-refractivity contribution in [3.63, 3.8) is 0 Å². The van der Waals surface area contributed by atoms with E-state index in [9.17, 15) is 4.79 Å². The molecule has 1 fully saturated rings. The van der Waals surface area contributed by atoms with Crippen LogP contribution in [0.25, 0.3) is 0 Å². The summed E-state index contributed by atoms with van der Waals surface area (Å²) in [5.41, 5.74) is 3.94. The van der Waals surface area contributed by atoms with E-state index in [1.807, 2.05) is 43.3 Å². The molecule has 1 atom stereocenters. The number of nitrogens with one attached hydrogen (secondary N) is 2. The third kappa shape index (κ3) is 7.19. The first-order valence-electron chi connectivity index (χ1n) is 11.1. The van der Waals surface area contributed by atoms with E-state index in [4.69, 9.17) is 4.74 Å². The van der Waals surface area contributed by atoms with Gasteiger partial charge in [-0.3, -0.25) is 20.0 Å². The number of rotatable bonds is 7. The fourth-order valence-electron chi connectivity index (χ4n) is 3.39. The SMILES string of the molecule is CC[C@@H](C)c1ccc(NC(=NCCN2CCOCC2)NC(=O)c2ccc(C)cc2)cc1. The molecule has 1 aliphatic heterocycles. The molecule has 2 aromatic rings. The third-order valence-electron chi connectivity index (χ3n) is 5.69. The predicted molar refractivity (Wildman–Crippen MR) is 127 cm³/mol. The van der Waals surface area contributed by atoms with Crippen LogP contribution in [0.1, 0.15) is 47.7 Å². The highest BCUT2D eigenvalue weighted by Gasteiger charge is 2.12. The number of hydrogen-bond donors (Lipinski definition) is 2. The van der Waals surface area contributed by atoms with E-state index in [1.54, 1.807) is 0 Å². The molecule has 6 nitrogen and oxygen atoms in total. The Bertz CT molecular complexity index is 856. The standard InChI is InChI=1S/C25H34N4O2/c1-4-20(3)21-9-11-23(12-10-21)27-25(26-13-14-29-15-17-31-18-16-29)28-24(30)22-7-5-19(2)6-8-22/h5-12,20H,4,13-18H2,1-3H3,(H2,26,27,28,30)/t20-/m1/s1. The van der Waals surface area contributed by atoms with Gasteiger partial charge in [-0.25, -0.2) is 0 Å². The summed E-state index contributed by atoms with van der Waals surface area (Å²) in [7, 11) is 0. The molecule has 0 aliphatic carbocycles. The van der Waals surface area contributed by atoms with Gasteiger partial charge in [0.05, 0.1) is 19.8 Å². The van der Waals surface area contributed by atoms with Gasteiger partial charge in [0.25, 0.3) is 5.91 Å². The van der Waals surface area contributed by atoms with Crippen LogP contribution in [0.5, 0.6) is 0 Å². The topological polar surface area (TPSA) is 66.0 Å². The predicted octanol–water partition coefficient (Wildman–Crippen LogP) is 4.04. The van der Waals surface area contributed by atoms with E-state index in [0.717, 1.165) is 50.5 Å². The summed E-state index contributed by atoms with van der Waals surface area (Å²) in [6.45, 7) is 11.2. The maximum absolute atomic E-state index is 12.7. The van der Waals surface area contributed by atoms with Crippen molar-refractivity contribution in [3.8, 4) is 0 Å². The van der Waals surface area contributed by atoms with Crippen LogP contribution in [0, 0.1) is 6.92 Å². The lowest BCUT2D eigenvalue weighted by atomic mass is 9.99. The second-order valence-corrected chi connectivity index (χ2v) is 8.06. The van der Waals surface area contributed by atoms with Crippen molar-refractivity contribution in [1.29, 1.82) is 0 Å². The van der Waals surface area contributed by atoms with Crippen molar-refractivity contribution in [2.45, 2.75) is 33.1 Å². The largest absolute Gasteiger partial charge is 0.379 e. The fraction of sp³-hybridized carbons (Fsp3) is 0.440. The van der Waals surface area contributed by atoms with Gasteiger partial charge >= 0.3 is 0 Å². The van der Waals surface area contributed by atoms with Gasteiger partial charge in [-0.05, 0) is 49.1 Å². The first-order chi connectivity index (χ1) is 15.0. The number of aryl methyl sites for hydroxylation is 1. The van der Waals surface area contributed by atoms with E-state index < -0.39 is 0 Å². The maximum atomic E-state index is 12.7. The second kappa shape index (κ2) is 11.6. The minimum absolute atomic E-state index is 0.172. The van der Waals surface area contributed by atoms with Crippen LogP contribution in [-0.4, -0.2) is 56.2 Å². The zero-order chi connectivity index (χ0) is 22.1. The molecule has 1 amide bonds.